The van der Waals surface area contributed by atoms with Crippen molar-refractivity contribution in [2.75, 3.05) is 30.4 Å². The monoisotopic (exact) mass is 327 g/mol. The third kappa shape index (κ3) is 5.25. The normalized spacial score (nSPS) is 10.3. The second kappa shape index (κ2) is 7.97. The fraction of sp³-hybridized carbons (Fsp3) is 0.316. The molecule has 0 aliphatic carbocycles. The van der Waals surface area contributed by atoms with Crippen molar-refractivity contribution in [3.05, 3.63) is 59.2 Å². The summed E-state index contributed by atoms with van der Waals surface area (Å²) >= 11 is 5.38. The van der Waals surface area contributed by atoms with Crippen molar-refractivity contribution in [3.63, 3.8) is 0 Å². The molecule has 0 fully saturated rings. The van der Waals surface area contributed by atoms with E-state index in [0.717, 1.165) is 18.8 Å². The van der Waals surface area contributed by atoms with E-state index in [1.165, 1.54) is 22.4 Å². The lowest BCUT2D eigenvalue weighted by molar-refractivity contribution is 0.827. The number of hydrogen-bond donors (Lipinski definition) is 2. The Morgan fingerprint density at radius 1 is 1.00 bits per heavy atom. The molecule has 0 aliphatic heterocycles. The summed E-state index contributed by atoms with van der Waals surface area (Å²) in [5, 5.41) is 7.21. The van der Waals surface area contributed by atoms with Crippen LogP contribution in [0, 0.1) is 20.8 Å². The molecule has 0 atom stereocenters. The molecule has 2 aromatic rings. The maximum atomic E-state index is 5.38. The van der Waals surface area contributed by atoms with Crippen LogP contribution in [0.2, 0.25) is 0 Å². The zero-order chi connectivity index (χ0) is 16.8. The van der Waals surface area contributed by atoms with Gasteiger partial charge in [-0.2, -0.15) is 0 Å². The van der Waals surface area contributed by atoms with Crippen LogP contribution in [0.1, 0.15) is 16.7 Å². The van der Waals surface area contributed by atoms with Crippen LogP contribution in [0.4, 0.5) is 11.4 Å². The summed E-state index contributed by atoms with van der Waals surface area (Å²) < 4.78 is 0. The van der Waals surface area contributed by atoms with Crippen molar-refractivity contribution in [2.24, 2.45) is 0 Å². The lowest BCUT2D eigenvalue weighted by Gasteiger charge is -2.20. The van der Waals surface area contributed by atoms with Gasteiger partial charge < -0.3 is 15.5 Å². The molecule has 23 heavy (non-hydrogen) atoms. The summed E-state index contributed by atoms with van der Waals surface area (Å²) in [6.07, 6.45) is 0. The van der Waals surface area contributed by atoms with Gasteiger partial charge in [-0.05, 0) is 62.3 Å². The van der Waals surface area contributed by atoms with Gasteiger partial charge >= 0.3 is 0 Å². The van der Waals surface area contributed by atoms with E-state index in [0.29, 0.717) is 5.11 Å². The number of hydrogen-bond acceptors (Lipinski definition) is 2. The highest BCUT2D eigenvalue weighted by Gasteiger charge is 2.03. The van der Waals surface area contributed by atoms with E-state index >= 15 is 0 Å². The first-order valence-electron chi connectivity index (χ1n) is 7.85. The van der Waals surface area contributed by atoms with Crippen LogP contribution in [0.5, 0.6) is 0 Å². The van der Waals surface area contributed by atoms with Gasteiger partial charge in [-0.3, -0.25) is 0 Å². The molecule has 4 heteroatoms. The number of aryl methyl sites for hydroxylation is 3. The minimum atomic E-state index is 0.663. The maximum Gasteiger partial charge on any atom is 0.170 e. The molecular formula is C19H25N3S. The van der Waals surface area contributed by atoms with Gasteiger partial charge in [-0.15, -0.1) is 0 Å². The largest absolute Gasteiger partial charge is 0.373 e. The summed E-state index contributed by atoms with van der Waals surface area (Å²) in [6.45, 7) is 7.94. The van der Waals surface area contributed by atoms with Crippen molar-refractivity contribution < 1.29 is 0 Å². The highest BCUT2D eigenvalue weighted by molar-refractivity contribution is 7.80. The molecule has 2 N–H and O–H groups in total. The number of nitrogens with one attached hydrogen (secondary N) is 2. The van der Waals surface area contributed by atoms with Gasteiger partial charge in [0, 0.05) is 31.5 Å². The van der Waals surface area contributed by atoms with Crippen molar-refractivity contribution in [3.8, 4) is 0 Å². The van der Waals surface area contributed by atoms with E-state index in [1.807, 2.05) is 0 Å². The van der Waals surface area contributed by atoms with Gasteiger partial charge in [0.05, 0.1) is 0 Å². The highest BCUT2D eigenvalue weighted by Crippen LogP contribution is 2.16. The van der Waals surface area contributed by atoms with Gasteiger partial charge in [-0.1, -0.05) is 29.8 Å². The minimum Gasteiger partial charge on any atom is -0.373 e. The Kier molecular flexibility index (Phi) is 5.99. The third-order valence-corrected chi connectivity index (χ3v) is 4.10. The van der Waals surface area contributed by atoms with Crippen LogP contribution in [0.15, 0.2) is 42.5 Å². The van der Waals surface area contributed by atoms with Gasteiger partial charge in [0.25, 0.3) is 0 Å². The second-order valence-electron chi connectivity index (χ2n) is 5.96. The highest BCUT2D eigenvalue weighted by atomic mass is 32.1. The van der Waals surface area contributed by atoms with E-state index in [-0.39, 0.29) is 0 Å². The zero-order valence-electron chi connectivity index (χ0n) is 14.3. The molecular weight excluding hydrogens is 302 g/mol. The smallest absolute Gasteiger partial charge is 0.170 e. The maximum absolute atomic E-state index is 5.38. The molecule has 3 nitrogen and oxygen atoms in total. The SMILES string of the molecule is Cc1ccc(N(C)CCNC(=S)Nc2cc(C)ccc2C)cc1. The van der Waals surface area contributed by atoms with E-state index in [9.17, 15) is 0 Å². The predicted molar refractivity (Wildman–Crippen MR) is 105 cm³/mol. The summed E-state index contributed by atoms with van der Waals surface area (Å²) in [5.41, 5.74) is 5.97. The summed E-state index contributed by atoms with van der Waals surface area (Å²) in [4.78, 5) is 2.22. The Balaban J connectivity index is 1.80. The molecule has 122 valence electrons. The van der Waals surface area contributed by atoms with E-state index in [1.54, 1.807) is 0 Å². The minimum absolute atomic E-state index is 0.663. The van der Waals surface area contributed by atoms with Crippen LogP contribution in [0.25, 0.3) is 0 Å². The molecule has 2 aromatic carbocycles. The van der Waals surface area contributed by atoms with E-state index in [4.69, 9.17) is 12.2 Å². The molecule has 0 spiro atoms. The van der Waals surface area contributed by atoms with E-state index in [2.05, 4.69) is 85.8 Å². The average molecular weight is 327 g/mol. The predicted octanol–water partition coefficient (Wildman–Crippen LogP) is 4.03. The standard InChI is InChI=1S/C19H25N3S/c1-14-6-9-17(10-7-14)22(4)12-11-20-19(23)21-18-13-15(2)5-8-16(18)3/h5-10,13H,11-12H2,1-4H3,(H2,20,21,23). The quantitative estimate of drug-likeness (QED) is 0.811. The molecule has 0 unspecified atom stereocenters. The van der Waals surface area contributed by atoms with Crippen LogP contribution < -0.4 is 15.5 Å². The summed E-state index contributed by atoms with van der Waals surface area (Å²) in [5.74, 6) is 0. The average Bonchev–Trinajstić information content (AvgIpc) is 2.51. The Bertz CT molecular complexity index is 665. The van der Waals surface area contributed by atoms with Crippen LogP contribution in [-0.2, 0) is 0 Å². The number of thiocarbonyl (C=S) groups is 1. The second-order valence-corrected chi connectivity index (χ2v) is 6.36. The Labute approximate surface area is 144 Å². The first-order chi connectivity index (χ1) is 11.0. The lowest BCUT2D eigenvalue weighted by Crippen LogP contribution is -2.35. The van der Waals surface area contributed by atoms with Gasteiger partial charge in [0.1, 0.15) is 0 Å². The first kappa shape index (κ1) is 17.3. The summed E-state index contributed by atoms with van der Waals surface area (Å²) in [7, 11) is 2.09. The number of benzene rings is 2. The zero-order valence-corrected chi connectivity index (χ0v) is 15.1. The Hall–Kier alpha value is -2.07. The number of nitrogens with zero attached hydrogens (tertiary/aromatic N) is 1. The molecule has 0 radical (unpaired) electrons. The van der Waals surface area contributed by atoms with Gasteiger partial charge in [0.2, 0.25) is 0 Å². The van der Waals surface area contributed by atoms with Crippen LogP contribution >= 0.6 is 12.2 Å². The molecule has 0 heterocycles. The van der Waals surface area contributed by atoms with Crippen LogP contribution in [-0.4, -0.2) is 25.2 Å². The molecule has 0 saturated heterocycles. The van der Waals surface area contributed by atoms with Crippen molar-refractivity contribution >= 4 is 28.7 Å². The van der Waals surface area contributed by atoms with Crippen molar-refractivity contribution in [1.29, 1.82) is 0 Å². The molecule has 0 saturated carbocycles. The molecule has 0 aliphatic rings. The van der Waals surface area contributed by atoms with E-state index < -0.39 is 0 Å². The Morgan fingerprint density at radius 3 is 2.35 bits per heavy atom. The molecule has 0 bridgehead atoms. The number of anilines is 2. The fourth-order valence-corrected chi connectivity index (χ4v) is 2.51. The van der Waals surface area contributed by atoms with Crippen molar-refractivity contribution in [2.45, 2.75) is 20.8 Å². The molecule has 2 rings (SSSR count). The van der Waals surface area contributed by atoms with Gasteiger partial charge in [0.15, 0.2) is 5.11 Å². The first-order valence-corrected chi connectivity index (χ1v) is 8.26. The lowest BCUT2D eigenvalue weighted by atomic mass is 10.1. The van der Waals surface area contributed by atoms with Crippen molar-refractivity contribution in [1.82, 2.24) is 5.32 Å². The van der Waals surface area contributed by atoms with Crippen LogP contribution in [0.3, 0.4) is 0 Å². The summed E-state index contributed by atoms with van der Waals surface area (Å²) in [6, 6.07) is 14.9. The molecule has 0 aromatic heterocycles. The van der Waals surface area contributed by atoms with Gasteiger partial charge in [-0.25, -0.2) is 0 Å². The molecule has 0 amide bonds. The number of rotatable bonds is 5. The number of likely N-dealkylation sites (N-methyl/N-ethyl adjacent to an activating group) is 1. The Morgan fingerprint density at radius 2 is 1.65 bits per heavy atom. The topological polar surface area (TPSA) is 27.3 Å². The third-order valence-electron chi connectivity index (χ3n) is 3.85. The fourth-order valence-electron chi connectivity index (χ4n) is 2.30.